The number of benzene rings is 1. The summed E-state index contributed by atoms with van der Waals surface area (Å²) in [6, 6.07) is 12.4. The first-order valence-corrected chi connectivity index (χ1v) is 7.21. The monoisotopic (exact) mass is 328 g/mol. The van der Waals surface area contributed by atoms with Crippen molar-refractivity contribution in [2.75, 3.05) is 0 Å². The fourth-order valence-corrected chi connectivity index (χ4v) is 2.07. The Morgan fingerprint density at radius 2 is 2.09 bits per heavy atom. The van der Waals surface area contributed by atoms with Crippen LogP contribution in [0.15, 0.2) is 58.2 Å². The van der Waals surface area contributed by atoms with Crippen LogP contribution in [0.3, 0.4) is 0 Å². The highest BCUT2D eigenvalue weighted by Gasteiger charge is 2.11. The van der Waals surface area contributed by atoms with Crippen molar-refractivity contribution in [3.05, 3.63) is 65.2 Å². The second-order valence-corrected chi connectivity index (χ2v) is 5.23. The number of amides is 1. The number of halogens is 1. The number of furan rings is 1. The van der Waals surface area contributed by atoms with E-state index in [2.05, 4.69) is 20.7 Å². The van der Waals surface area contributed by atoms with E-state index in [-0.39, 0.29) is 5.91 Å². The van der Waals surface area contributed by atoms with Crippen LogP contribution in [0, 0.1) is 0 Å². The number of carbonyl (C=O) groups excluding carboxylic acids is 1. The van der Waals surface area contributed by atoms with Gasteiger partial charge in [0.1, 0.15) is 17.2 Å². The molecule has 3 aromatic rings. The fourth-order valence-electron chi connectivity index (χ4n) is 1.94. The molecule has 2 heterocycles. The summed E-state index contributed by atoms with van der Waals surface area (Å²) in [6.45, 7) is 1.74. The normalized spacial score (nSPS) is 11.5. The van der Waals surface area contributed by atoms with Crippen LogP contribution >= 0.6 is 11.6 Å². The van der Waals surface area contributed by atoms with Crippen molar-refractivity contribution >= 4 is 23.2 Å². The zero-order valence-corrected chi connectivity index (χ0v) is 13.0. The molecule has 6 nitrogen and oxygen atoms in total. The van der Waals surface area contributed by atoms with Crippen LogP contribution in [0.4, 0.5) is 0 Å². The average Bonchev–Trinajstić information content (AvgIpc) is 3.24. The molecule has 0 aliphatic heterocycles. The topological polar surface area (TPSA) is 83.3 Å². The Balaban J connectivity index is 1.71. The molecule has 0 radical (unpaired) electrons. The number of rotatable bonds is 4. The van der Waals surface area contributed by atoms with Crippen LogP contribution < -0.4 is 5.43 Å². The number of nitrogens with one attached hydrogen (secondary N) is 2. The van der Waals surface area contributed by atoms with Crippen molar-refractivity contribution in [1.29, 1.82) is 0 Å². The van der Waals surface area contributed by atoms with Crippen LogP contribution in [0.2, 0.25) is 5.02 Å². The van der Waals surface area contributed by atoms with Crippen molar-refractivity contribution in [1.82, 2.24) is 15.6 Å². The molecule has 1 aromatic carbocycles. The van der Waals surface area contributed by atoms with Crippen molar-refractivity contribution in [2.45, 2.75) is 6.92 Å². The summed E-state index contributed by atoms with van der Waals surface area (Å²) in [5, 5.41) is 11.4. The van der Waals surface area contributed by atoms with Gasteiger partial charge in [0, 0.05) is 10.6 Å². The van der Waals surface area contributed by atoms with Crippen LogP contribution in [0.25, 0.3) is 11.3 Å². The Morgan fingerprint density at radius 3 is 2.78 bits per heavy atom. The lowest BCUT2D eigenvalue weighted by atomic mass is 10.1. The number of nitrogens with zero attached hydrogens (tertiary/aromatic N) is 2. The molecule has 0 saturated carbocycles. The Hall–Kier alpha value is -2.86. The van der Waals surface area contributed by atoms with Crippen molar-refractivity contribution < 1.29 is 9.21 Å². The second-order valence-electron chi connectivity index (χ2n) is 4.79. The smallest absolute Gasteiger partial charge is 0.289 e. The number of hydrazone groups is 1. The largest absolute Gasteiger partial charge is 0.463 e. The van der Waals surface area contributed by atoms with Gasteiger partial charge in [0.2, 0.25) is 0 Å². The van der Waals surface area contributed by atoms with Gasteiger partial charge in [-0.05, 0) is 37.3 Å². The van der Waals surface area contributed by atoms with E-state index in [1.165, 1.54) is 0 Å². The zero-order valence-electron chi connectivity index (χ0n) is 12.2. The first kappa shape index (κ1) is 15.1. The minimum atomic E-state index is -0.386. The third-order valence-electron chi connectivity index (χ3n) is 3.17. The Bertz CT molecular complexity index is 835. The maximum Gasteiger partial charge on any atom is 0.289 e. The molecule has 0 unspecified atom stereocenters. The zero-order chi connectivity index (χ0) is 16.2. The van der Waals surface area contributed by atoms with Crippen LogP contribution in [-0.4, -0.2) is 21.8 Å². The molecular formula is C16H13ClN4O2. The molecule has 0 saturated heterocycles. The maximum atomic E-state index is 12.1. The number of hydrogen-bond donors (Lipinski definition) is 2. The summed E-state index contributed by atoms with van der Waals surface area (Å²) in [6.07, 6.45) is 1.55. The standard InChI is InChI=1S/C16H13ClN4O2/c1-10(15-3-2-8-23-15)18-21-16(22)14-9-13(19-20-14)11-4-6-12(17)7-5-11/h2-9H,1H3,(H,19,20)(H,21,22). The summed E-state index contributed by atoms with van der Waals surface area (Å²) in [4.78, 5) is 12.1. The molecule has 0 fully saturated rings. The highest BCUT2D eigenvalue weighted by Crippen LogP contribution is 2.20. The molecule has 0 atom stereocenters. The van der Waals surface area contributed by atoms with Gasteiger partial charge in [-0.3, -0.25) is 9.89 Å². The summed E-state index contributed by atoms with van der Waals surface area (Å²) < 4.78 is 5.19. The number of H-pyrrole nitrogens is 1. The molecule has 116 valence electrons. The summed E-state index contributed by atoms with van der Waals surface area (Å²) >= 11 is 5.85. The van der Waals surface area contributed by atoms with Gasteiger partial charge in [-0.25, -0.2) is 5.43 Å². The summed E-state index contributed by atoms with van der Waals surface area (Å²) in [5.41, 5.74) is 4.85. The molecule has 0 aliphatic carbocycles. The average molecular weight is 329 g/mol. The van der Waals surface area contributed by atoms with Gasteiger partial charge in [-0.2, -0.15) is 10.2 Å². The third-order valence-corrected chi connectivity index (χ3v) is 3.42. The lowest BCUT2D eigenvalue weighted by Crippen LogP contribution is -2.19. The van der Waals surface area contributed by atoms with E-state index in [9.17, 15) is 4.79 Å². The van der Waals surface area contributed by atoms with E-state index in [4.69, 9.17) is 16.0 Å². The first-order valence-electron chi connectivity index (χ1n) is 6.83. The SMILES string of the molecule is CC(=NNC(=O)c1cc(-c2ccc(Cl)cc2)n[nH]1)c1ccco1. The fraction of sp³-hybridized carbons (Fsp3) is 0.0625. The number of carbonyl (C=O) groups is 1. The predicted molar refractivity (Wildman–Crippen MR) is 87.4 cm³/mol. The minimum Gasteiger partial charge on any atom is -0.463 e. The van der Waals surface area contributed by atoms with E-state index in [0.29, 0.717) is 27.9 Å². The van der Waals surface area contributed by atoms with Gasteiger partial charge in [0.15, 0.2) is 0 Å². The van der Waals surface area contributed by atoms with Gasteiger partial charge in [0.25, 0.3) is 5.91 Å². The Kier molecular flexibility index (Phi) is 4.25. The number of hydrogen-bond acceptors (Lipinski definition) is 4. The van der Waals surface area contributed by atoms with Gasteiger partial charge < -0.3 is 4.42 Å². The van der Waals surface area contributed by atoms with E-state index >= 15 is 0 Å². The highest BCUT2D eigenvalue weighted by atomic mass is 35.5. The van der Waals surface area contributed by atoms with Crippen molar-refractivity contribution in [3.63, 3.8) is 0 Å². The molecule has 0 bridgehead atoms. The van der Waals surface area contributed by atoms with E-state index in [1.807, 2.05) is 12.1 Å². The van der Waals surface area contributed by atoms with E-state index < -0.39 is 0 Å². The van der Waals surface area contributed by atoms with Crippen molar-refractivity contribution in [3.8, 4) is 11.3 Å². The van der Waals surface area contributed by atoms with Crippen LogP contribution in [0.1, 0.15) is 23.2 Å². The molecular weight excluding hydrogens is 316 g/mol. The maximum absolute atomic E-state index is 12.1. The molecule has 3 rings (SSSR count). The predicted octanol–water partition coefficient (Wildman–Crippen LogP) is 3.48. The lowest BCUT2D eigenvalue weighted by Gasteiger charge is -1.98. The summed E-state index contributed by atoms with van der Waals surface area (Å²) in [7, 11) is 0. The number of aromatic amines is 1. The summed E-state index contributed by atoms with van der Waals surface area (Å²) in [5.74, 6) is 0.209. The first-order chi connectivity index (χ1) is 11.1. The number of aromatic nitrogens is 2. The molecule has 1 amide bonds. The van der Waals surface area contributed by atoms with Gasteiger partial charge in [-0.15, -0.1) is 0 Å². The van der Waals surface area contributed by atoms with Gasteiger partial charge in [-0.1, -0.05) is 23.7 Å². The molecule has 7 heteroatoms. The Labute approximate surface area is 137 Å². The van der Waals surface area contributed by atoms with E-state index in [0.717, 1.165) is 5.56 Å². The van der Waals surface area contributed by atoms with Gasteiger partial charge >= 0.3 is 0 Å². The lowest BCUT2D eigenvalue weighted by molar-refractivity contribution is 0.0950. The Morgan fingerprint density at radius 1 is 1.30 bits per heavy atom. The van der Waals surface area contributed by atoms with Gasteiger partial charge in [0.05, 0.1) is 12.0 Å². The van der Waals surface area contributed by atoms with Crippen LogP contribution in [0.5, 0.6) is 0 Å². The second kappa shape index (κ2) is 6.50. The van der Waals surface area contributed by atoms with E-state index in [1.54, 1.807) is 43.5 Å². The molecule has 0 spiro atoms. The van der Waals surface area contributed by atoms with Crippen LogP contribution in [-0.2, 0) is 0 Å². The third kappa shape index (κ3) is 3.49. The minimum absolute atomic E-state index is 0.311. The molecule has 23 heavy (non-hydrogen) atoms. The van der Waals surface area contributed by atoms with Crippen molar-refractivity contribution in [2.24, 2.45) is 5.10 Å². The molecule has 0 aliphatic rings. The molecule has 2 aromatic heterocycles. The highest BCUT2D eigenvalue weighted by molar-refractivity contribution is 6.30. The quantitative estimate of drug-likeness (QED) is 0.568. The molecule has 2 N–H and O–H groups in total.